The Morgan fingerprint density at radius 2 is 0.657 bits per heavy atom. The first-order chi connectivity index (χ1) is 16.9. The van der Waals surface area contributed by atoms with Gasteiger partial charge in [0.2, 0.25) is 0 Å². The summed E-state index contributed by atoms with van der Waals surface area (Å²) in [5.41, 5.74) is 2.60. The van der Waals surface area contributed by atoms with Crippen molar-refractivity contribution in [2.24, 2.45) is 0 Å². The summed E-state index contributed by atoms with van der Waals surface area (Å²) in [4.78, 5) is 0. The maximum absolute atomic E-state index is 3.82. The van der Waals surface area contributed by atoms with E-state index in [1.54, 1.807) is 0 Å². The zero-order chi connectivity index (χ0) is 23.0. The van der Waals surface area contributed by atoms with Crippen LogP contribution < -0.4 is 40.1 Å². The Morgan fingerprint density at radius 1 is 0.371 bits per heavy atom. The molecule has 5 rings (SSSR count). The first kappa shape index (κ1) is 25.6. The molecule has 0 saturated carbocycles. The van der Waals surface area contributed by atoms with Gasteiger partial charge in [0.25, 0.3) is 0 Å². The minimum Gasteiger partial charge on any atom is -0.176 e. The number of hydrogen-bond donors (Lipinski definition) is 0. The molecule has 0 fully saturated rings. The summed E-state index contributed by atoms with van der Waals surface area (Å²) in [6.45, 7) is 0. The van der Waals surface area contributed by atoms with Gasteiger partial charge in [0.15, 0.2) is 0 Å². The number of rotatable bonds is 8. The van der Waals surface area contributed by atoms with Crippen molar-refractivity contribution < 1.29 is 18.9 Å². The van der Waals surface area contributed by atoms with Crippen LogP contribution in [0.25, 0.3) is 0 Å². The fraction of sp³-hybridized carbons (Fsp3) is 0.0625. The van der Waals surface area contributed by atoms with Crippen molar-refractivity contribution in [3.8, 4) is 0 Å². The molecule has 0 aliphatic carbocycles. The molecule has 0 spiro atoms. The van der Waals surface area contributed by atoms with Gasteiger partial charge in [0.05, 0.1) is 0 Å². The molecule has 0 amide bonds. The van der Waals surface area contributed by atoms with Gasteiger partial charge < -0.3 is 0 Å². The van der Waals surface area contributed by atoms with Crippen LogP contribution in [-0.4, -0.2) is 0 Å². The first-order valence-corrected chi connectivity index (χ1v) is 14.7. The SMILES string of the molecule is [Li+].[c-]1c(CP(c2ccccc2)c2ccccc2)cccc1CP(c1ccccc1)c1ccccc1. The molecule has 3 heteroatoms. The predicted molar refractivity (Wildman–Crippen MR) is 151 cm³/mol. The summed E-state index contributed by atoms with van der Waals surface area (Å²) in [5, 5.41) is 5.66. The van der Waals surface area contributed by atoms with E-state index >= 15 is 0 Å². The second-order valence-electron chi connectivity index (χ2n) is 8.22. The molecule has 166 valence electrons. The topological polar surface area (TPSA) is 0 Å². The third-order valence-corrected chi connectivity index (χ3v) is 10.8. The predicted octanol–water partition coefficient (Wildman–Crippen LogP) is 3.76. The van der Waals surface area contributed by atoms with Gasteiger partial charge in [-0.3, -0.25) is 0 Å². The van der Waals surface area contributed by atoms with Crippen molar-refractivity contribution >= 4 is 37.1 Å². The van der Waals surface area contributed by atoms with Crippen molar-refractivity contribution in [1.82, 2.24) is 0 Å². The Bertz CT molecular complexity index is 1110. The van der Waals surface area contributed by atoms with E-state index in [4.69, 9.17) is 0 Å². The van der Waals surface area contributed by atoms with E-state index in [9.17, 15) is 0 Å². The molecule has 0 unspecified atom stereocenters. The van der Waals surface area contributed by atoms with E-state index in [0.717, 1.165) is 12.3 Å². The van der Waals surface area contributed by atoms with Gasteiger partial charge >= 0.3 is 18.9 Å². The minimum atomic E-state index is -0.473. The van der Waals surface area contributed by atoms with Crippen LogP contribution in [0.1, 0.15) is 11.1 Å². The quantitative estimate of drug-likeness (QED) is 0.180. The summed E-state index contributed by atoms with van der Waals surface area (Å²) in [5.74, 6) is 0. The maximum Gasteiger partial charge on any atom is 1.00 e. The molecular formula is C32H27LiP2. The van der Waals surface area contributed by atoms with E-state index < -0.39 is 15.8 Å². The smallest absolute Gasteiger partial charge is 0.176 e. The Hall–Kier alpha value is -2.44. The summed E-state index contributed by atoms with van der Waals surface area (Å²) in [7, 11) is -0.947. The maximum atomic E-state index is 3.82. The molecule has 0 radical (unpaired) electrons. The van der Waals surface area contributed by atoms with E-state index in [0.29, 0.717) is 0 Å². The summed E-state index contributed by atoms with van der Waals surface area (Å²) in [6.07, 6.45) is 2.01. The molecular weight excluding hydrogens is 453 g/mol. The van der Waals surface area contributed by atoms with Crippen molar-refractivity contribution in [2.45, 2.75) is 12.3 Å². The molecule has 0 aromatic heterocycles. The van der Waals surface area contributed by atoms with Gasteiger partial charge in [0.1, 0.15) is 0 Å². The fourth-order valence-electron chi connectivity index (χ4n) is 4.19. The fourth-order valence-corrected chi connectivity index (χ4v) is 8.70. The summed E-state index contributed by atoms with van der Waals surface area (Å²) in [6, 6.07) is 54.3. The van der Waals surface area contributed by atoms with Crippen LogP contribution >= 0.6 is 15.8 Å². The van der Waals surface area contributed by atoms with Gasteiger partial charge in [-0.25, -0.2) is 0 Å². The van der Waals surface area contributed by atoms with Gasteiger partial charge in [-0.15, -0.1) is 0 Å². The second-order valence-corrected chi connectivity index (χ2v) is 12.6. The summed E-state index contributed by atoms with van der Waals surface area (Å²) < 4.78 is 0. The standard InChI is InChI=1S/C32H27P2.Li/c1-5-16-29(17-6-1)33(30-18-7-2-8-19-30)25-27-14-13-15-28(24-27)26-34(31-20-9-3-10-21-31)32-22-11-4-12-23-32;/h1-23H,25-26H2;/q-1;+1. The average Bonchev–Trinajstić information content (AvgIpc) is 2.92. The molecule has 0 aliphatic heterocycles. The molecule has 0 heterocycles. The van der Waals surface area contributed by atoms with E-state index in [2.05, 4.69) is 146 Å². The molecule has 5 aromatic carbocycles. The zero-order valence-electron chi connectivity index (χ0n) is 20.1. The molecule has 5 aromatic rings. The Kier molecular flexibility index (Phi) is 9.55. The Labute approximate surface area is 224 Å². The summed E-state index contributed by atoms with van der Waals surface area (Å²) >= 11 is 0. The third kappa shape index (κ3) is 6.82. The van der Waals surface area contributed by atoms with E-state index in [1.165, 1.54) is 32.3 Å². The molecule has 0 aliphatic rings. The molecule has 0 saturated heterocycles. The monoisotopic (exact) mass is 480 g/mol. The molecule has 0 bridgehead atoms. The van der Waals surface area contributed by atoms with E-state index in [-0.39, 0.29) is 18.9 Å². The van der Waals surface area contributed by atoms with Gasteiger partial charge in [-0.1, -0.05) is 121 Å². The normalized spacial score (nSPS) is 10.8. The van der Waals surface area contributed by atoms with Crippen LogP contribution in [0.3, 0.4) is 0 Å². The van der Waals surface area contributed by atoms with Gasteiger partial charge in [0, 0.05) is 0 Å². The van der Waals surface area contributed by atoms with Crippen LogP contribution in [-0.2, 0) is 12.3 Å². The van der Waals surface area contributed by atoms with Crippen molar-refractivity contribution in [3.63, 3.8) is 0 Å². The zero-order valence-corrected chi connectivity index (χ0v) is 21.9. The first-order valence-electron chi connectivity index (χ1n) is 11.6. The molecule has 0 nitrogen and oxygen atoms in total. The number of benzene rings is 5. The van der Waals surface area contributed by atoms with Crippen LogP contribution in [0.2, 0.25) is 0 Å². The minimum absolute atomic E-state index is 0. The van der Waals surface area contributed by atoms with Crippen LogP contribution in [0.5, 0.6) is 0 Å². The molecule has 0 N–H and O–H groups in total. The Balaban J connectivity index is 0.00000289. The van der Waals surface area contributed by atoms with Gasteiger partial charge in [-0.05, 0) is 49.4 Å². The third-order valence-electron chi connectivity index (χ3n) is 5.84. The van der Waals surface area contributed by atoms with Crippen LogP contribution in [0, 0.1) is 6.07 Å². The number of hydrogen-bond acceptors (Lipinski definition) is 0. The molecule has 35 heavy (non-hydrogen) atoms. The van der Waals surface area contributed by atoms with E-state index in [1.807, 2.05) is 0 Å². The van der Waals surface area contributed by atoms with Crippen molar-refractivity contribution in [1.29, 1.82) is 0 Å². The largest absolute Gasteiger partial charge is 1.00 e. The van der Waals surface area contributed by atoms with Crippen LogP contribution in [0.15, 0.2) is 140 Å². The van der Waals surface area contributed by atoms with Gasteiger partial charge in [-0.2, -0.15) is 35.4 Å². The van der Waals surface area contributed by atoms with Crippen LogP contribution in [0.4, 0.5) is 0 Å². The van der Waals surface area contributed by atoms with Crippen molar-refractivity contribution in [3.05, 3.63) is 157 Å². The van der Waals surface area contributed by atoms with Crippen molar-refractivity contribution in [2.75, 3.05) is 0 Å². The second kappa shape index (κ2) is 13.0. The molecule has 0 atom stereocenters. The average molecular weight is 480 g/mol. The Morgan fingerprint density at radius 3 is 0.943 bits per heavy atom.